The van der Waals surface area contributed by atoms with Crippen LogP contribution in [0.4, 0.5) is 0 Å². The molecule has 7 heteroatoms. The first-order valence-electron chi connectivity index (χ1n) is 7.69. The van der Waals surface area contributed by atoms with E-state index in [1.54, 1.807) is 0 Å². The van der Waals surface area contributed by atoms with E-state index in [1.807, 2.05) is 4.90 Å². The van der Waals surface area contributed by atoms with Crippen LogP contribution in [-0.4, -0.2) is 82.1 Å². The van der Waals surface area contributed by atoms with Crippen LogP contribution in [0.3, 0.4) is 0 Å². The standard InChI is InChI=1S/C14H26N2O4S/c1-21(18,19)11-4-14(17)16-5-2-13(3-6-16)12-15-7-9-20-10-8-15/h13H,2-12H2,1H3. The fourth-order valence-electron chi connectivity index (χ4n) is 2.94. The van der Waals surface area contributed by atoms with Crippen molar-refractivity contribution in [3.8, 4) is 0 Å². The molecular formula is C14H26N2O4S. The lowest BCUT2D eigenvalue weighted by atomic mass is 9.96. The predicted octanol–water partition coefficient (Wildman–Crippen LogP) is -0.00810. The van der Waals surface area contributed by atoms with Crippen LogP contribution in [0.15, 0.2) is 0 Å². The molecule has 122 valence electrons. The summed E-state index contributed by atoms with van der Waals surface area (Å²) in [5.41, 5.74) is 0. The van der Waals surface area contributed by atoms with Crippen molar-refractivity contribution >= 4 is 15.7 Å². The molecule has 21 heavy (non-hydrogen) atoms. The minimum absolute atomic E-state index is 0.0229. The maximum atomic E-state index is 12.0. The highest BCUT2D eigenvalue weighted by atomic mass is 32.2. The van der Waals surface area contributed by atoms with Crippen molar-refractivity contribution in [2.45, 2.75) is 19.3 Å². The fraction of sp³-hybridized carbons (Fsp3) is 0.929. The Morgan fingerprint density at radius 3 is 2.33 bits per heavy atom. The van der Waals surface area contributed by atoms with Gasteiger partial charge in [0.15, 0.2) is 0 Å². The van der Waals surface area contributed by atoms with Gasteiger partial charge in [-0.2, -0.15) is 0 Å². The first-order valence-corrected chi connectivity index (χ1v) is 9.76. The quantitative estimate of drug-likeness (QED) is 0.713. The third-order valence-corrected chi connectivity index (χ3v) is 5.22. The summed E-state index contributed by atoms with van der Waals surface area (Å²) < 4.78 is 27.6. The summed E-state index contributed by atoms with van der Waals surface area (Å²) in [5, 5.41) is 0. The van der Waals surface area contributed by atoms with Gasteiger partial charge in [0.25, 0.3) is 0 Å². The van der Waals surface area contributed by atoms with E-state index in [9.17, 15) is 13.2 Å². The number of carbonyl (C=O) groups is 1. The van der Waals surface area contributed by atoms with Gasteiger partial charge in [0.05, 0.1) is 19.0 Å². The zero-order chi connectivity index (χ0) is 15.3. The van der Waals surface area contributed by atoms with Crippen LogP contribution in [0.5, 0.6) is 0 Å². The molecule has 0 radical (unpaired) electrons. The first-order chi connectivity index (χ1) is 9.94. The number of nitrogens with zero attached hydrogens (tertiary/aromatic N) is 2. The topological polar surface area (TPSA) is 66.9 Å². The fourth-order valence-corrected chi connectivity index (χ4v) is 3.49. The number of rotatable bonds is 5. The monoisotopic (exact) mass is 318 g/mol. The zero-order valence-electron chi connectivity index (χ0n) is 12.8. The van der Waals surface area contributed by atoms with E-state index in [1.165, 1.54) is 6.26 Å². The second-order valence-electron chi connectivity index (χ2n) is 6.12. The van der Waals surface area contributed by atoms with E-state index in [0.29, 0.717) is 5.92 Å². The summed E-state index contributed by atoms with van der Waals surface area (Å²) in [6, 6.07) is 0. The van der Waals surface area contributed by atoms with E-state index in [4.69, 9.17) is 4.74 Å². The molecule has 2 saturated heterocycles. The molecule has 2 heterocycles. The lowest BCUT2D eigenvalue weighted by Crippen LogP contribution is -2.44. The number of amides is 1. The molecule has 1 amide bonds. The molecule has 0 bridgehead atoms. The molecule has 0 aromatic heterocycles. The smallest absolute Gasteiger partial charge is 0.223 e. The first kappa shape index (κ1) is 16.7. The number of ether oxygens (including phenoxy) is 1. The highest BCUT2D eigenvalue weighted by Crippen LogP contribution is 2.19. The van der Waals surface area contributed by atoms with Gasteiger partial charge in [-0.25, -0.2) is 8.42 Å². The van der Waals surface area contributed by atoms with Gasteiger partial charge in [-0.1, -0.05) is 0 Å². The van der Waals surface area contributed by atoms with Crippen molar-refractivity contribution in [2.24, 2.45) is 5.92 Å². The average molecular weight is 318 g/mol. The van der Waals surface area contributed by atoms with E-state index in [0.717, 1.165) is 58.8 Å². The SMILES string of the molecule is CS(=O)(=O)CCC(=O)N1CCC(CN2CCOCC2)CC1. The van der Waals surface area contributed by atoms with Crippen LogP contribution >= 0.6 is 0 Å². The molecule has 6 nitrogen and oxygen atoms in total. The van der Waals surface area contributed by atoms with Crippen molar-refractivity contribution < 1.29 is 17.9 Å². The Morgan fingerprint density at radius 2 is 1.76 bits per heavy atom. The highest BCUT2D eigenvalue weighted by molar-refractivity contribution is 7.90. The molecule has 0 N–H and O–H groups in total. The number of hydrogen-bond acceptors (Lipinski definition) is 5. The second kappa shape index (κ2) is 7.56. The predicted molar refractivity (Wildman–Crippen MR) is 80.9 cm³/mol. The van der Waals surface area contributed by atoms with Crippen LogP contribution in [0.2, 0.25) is 0 Å². The summed E-state index contributed by atoms with van der Waals surface area (Å²) >= 11 is 0. The van der Waals surface area contributed by atoms with Crippen molar-refractivity contribution in [1.82, 2.24) is 9.80 Å². The van der Waals surface area contributed by atoms with Gasteiger partial charge in [0, 0.05) is 45.4 Å². The molecule has 0 unspecified atom stereocenters. The average Bonchev–Trinajstić information content (AvgIpc) is 2.46. The van der Waals surface area contributed by atoms with E-state index >= 15 is 0 Å². The highest BCUT2D eigenvalue weighted by Gasteiger charge is 2.25. The molecule has 0 aliphatic carbocycles. The van der Waals surface area contributed by atoms with Crippen LogP contribution < -0.4 is 0 Å². The molecule has 0 atom stereocenters. The summed E-state index contributed by atoms with van der Waals surface area (Å²) in [7, 11) is -3.05. The molecule has 2 aliphatic heterocycles. The minimum Gasteiger partial charge on any atom is -0.379 e. The number of likely N-dealkylation sites (tertiary alicyclic amines) is 1. The Morgan fingerprint density at radius 1 is 1.14 bits per heavy atom. The summed E-state index contributed by atoms with van der Waals surface area (Å²) in [5.74, 6) is 0.576. The van der Waals surface area contributed by atoms with Gasteiger partial charge in [0.1, 0.15) is 9.84 Å². The number of sulfone groups is 1. The Labute approximate surface area is 127 Å². The van der Waals surface area contributed by atoms with E-state index in [2.05, 4.69) is 4.90 Å². The number of carbonyl (C=O) groups excluding carboxylic acids is 1. The van der Waals surface area contributed by atoms with Crippen molar-refractivity contribution in [1.29, 1.82) is 0 Å². The lowest BCUT2D eigenvalue weighted by Gasteiger charge is -2.36. The van der Waals surface area contributed by atoms with Crippen molar-refractivity contribution in [3.63, 3.8) is 0 Å². The molecular weight excluding hydrogens is 292 g/mol. The summed E-state index contributed by atoms with van der Waals surface area (Å²) in [6.07, 6.45) is 3.33. The van der Waals surface area contributed by atoms with Gasteiger partial charge < -0.3 is 9.64 Å². The molecule has 2 fully saturated rings. The lowest BCUT2D eigenvalue weighted by molar-refractivity contribution is -0.132. The maximum absolute atomic E-state index is 12.0. The zero-order valence-corrected chi connectivity index (χ0v) is 13.6. The molecule has 0 aromatic carbocycles. The molecule has 2 aliphatic rings. The Bertz CT molecular complexity index is 438. The van der Waals surface area contributed by atoms with E-state index < -0.39 is 9.84 Å². The van der Waals surface area contributed by atoms with Gasteiger partial charge in [0.2, 0.25) is 5.91 Å². The molecule has 0 spiro atoms. The molecule has 0 aromatic rings. The third-order valence-electron chi connectivity index (χ3n) is 4.27. The van der Waals surface area contributed by atoms with Crippen molar-refractivity contribution in [3.05, 3.63) is 0 Å². The Balaban J connectivity index is 1.68. The van der Waals surface area contributed by atoms with Gasteiger partial charge in [-0.3, -0.25) is 9.69 Å². The molecule has 0 saturated carbocycles. The van der Waals surface area contributed by atoms with Crippen LogP contribution in [0.25, 0.3) is 0 Å². The minimum atomic E-state index is -3.05. The van der Waals surface area contributed by atoms with E-state index in [-0.39, 0.29) is 18.1 Å². The van der Waals surface area contributed by atoms with Crippen molar-refractivity contribution in [2.75, 3.05) is 57.9 Å². The summed E-state index contributed by atoms with van der Waals surface area (Å²) in [4.78, 5) is 16.2. The van der Waals surface area contributed by atoms with Crippen LogP contribution in [-0.2, 0) is 19.4 Å². The number of morpholine rings is 1. The maximum Gasteiger partial charge on any atom is 0.223 e. The number of piperidine rings is 1. The second-order valence-corrected chi connectivity index (χ2v) is 8.38. The van der Waals surface area contributed by atoms with Gasteiger partial charge >= 0.3 is 0 Å². The van der Waals surface area contributed by atoms with Gasteiger partial charge in [-0.05, 0) is 18.8 Å². The normalized spacial score (nSPS) is 22.4. The molecule has 2 rings (SSSR count). The summed E-state index contributed by atoms with van der Waals surface area (Å²) in [6.45, 7) is 6.27. The largest absolute Gasteiger partial charge is 0.379 e. The number of hydrogen-bond donors (Lipinski definition) is 0. The van der Waals surface area contributed by atoms with Crippen LogP contribution in [0.1, 0.15) is 19.3 Å². The van der Waals surface area contributed by atoms with Gasteiger partial charge in [-0.15, -0.1) is 0 Å². The Hall–Kier alpha value is -0.660. The van der Waals surface area contributed by atoms with Crippen LogP contribution in [0, 0.1) is 5.92 Å². The third kappa shape index (κ3) is 5.92. The Kier molecular flexibility index (Phi) is 6.01.